The second-order valence-corrected chi connectivity index (χ2v) is 17.3. The Labute approximate surface area is 247 Å². The third-order valence-electron chi connectivity index (χ3n) is 7.74. The maximum atomic E-state index is 3.45. The Morgan fingerprint density at radius 3 is 1.86 bits per heavy atom. The zero-order chi connectivity index (χ0) is 23.8. The average molecular weight is 615 g/mol. The first kappa shape index (κ1) is 31.7. The first-order valence-electron chi connectivity index (χ1n) is 13.5. The fourth-order valence-electron chi connectivity index (χ4n) is 5.85. The number of aryl methyl sites for hydroxylation is 2. The van der Waals surface area contributed by atoms with E-state index in [0.29, 0.717) is 0 Å². The molecule has 3 aromatic carbocycles. The van der Waals surface area contributed by atoms with Crippen molar-refractivity contribution in [3.05, 3.63) is 89.0 Å². The van der Waals surface area contributed by atoms with Crippen molar-refractivity contribution in [1.82, 2.24) is 0 Å². The van der Waals surface area contributed by atoms with Gasteiger partial charge in [-0.15, -0.1) is 11.1 Å². The molecule has 0 nitrogen and oxygen atoms in total. The Balaban J connectivity index is 0.000000204. The van der Waals surface area contributed by atoms with Gasteiger partial charge in [0.2, 0.25) is 0 Å². The molecule has 0 amide bonds. The van der Waals surface area contributed by atoms with Crippen LogP contribution in [0.1, 0.15) is 86.5 Å². The number of hydrogen-bond donors (Lipinski definition) is 0. The normalized spacial score (nSPS) is 16.6. The minimum atomic E-state index is 0. The number of halogens is 2. The van der Waals surface area contributed by atoms with Crippen LogP contribution in [-0.4, -0.2) is 5.43 Å². The molecule has 3 aliphatic carbocycles. The summed E-state index contributed by atoms with van der Waals surface area (Å²) >= 11 is 1.95. The van der Waals surface area contributed by atoms with E-state index in [1.807, 2.05) is 53.7 Å². The van der Waals surface area contributed by atoms with Gasteiger partial charge in [0.25, 0.3) is 0 Å². The first-order valence-corrected chi connectivity index (χ1v) is 18.8. The molecular weight excluding hydrogens is 575 g/mol. The second kappa shape index (κ2) is 16.4. The molecule has 0 N–H and O–H groups in total. The Bertz CT molecular complexity index is 961. The summed E-state index contributed by atoms with van der Waals surface area (Å²) in [4.78, 5) is 0. The summed E-state index contributed by atoms with van der Waals surface area (Å²) in [6.07, 6.45) is 16.8. The van der Waals surface area contributed by atoms with Gasteiger partial charge in [-0.2, -0.15) is 42.0 Å². The van der Waals surface area contributed by atoms with E-state index >= 15 is 0 Å². The van der Waals surface area contributed by atoms with E-state index in [-0.39, 0.29) is 30.2 Å². The first-order chi connectivity index (χ1) is 16.6. The average Bonchev–Trinajstić information content (AvgIpc) is 3.56. The summed E-state index contributed by atoms with van der Waals surface area (Å²) in [6, 6.07) is 24.5. The van der Waals surface area contributed by atoms with Crippen molar-refractivity contribution in [2.45, 2.75) is 95.6 Å². The third kappa shape index (κ3) is 9.04. The molecule has 0 radical (unpaired) electrons. The van der Waals surface area contributed by atoms with Crippen LogP contribution in [0, 0.1) is 19.9 Å². The van der Waals surface area contributed by atoms with Crippen molar-refractivity contribution in [3.8, 4) is 11.1 Å². The second-order valence-electron chi connectivity index (χ2n) is 10.5. The molecule has 3 aromatic rings. The summed E-state index contributed by atoms with van der Waals surface area (Å²) in [5.74, 6) is 0. The summed E-state index contributed by atoms with van der Waals surface area (Å²) in [5, 5.41) is 0. The molecule has 3 aliphatic rings. The maximum Gasteiger partial charge on any atom is -0.172 e. The zero-order valence-electron chi connectivity index (χ0n) is 22.0. The van der Waals surface area contributed by atoms with Gasteiger partial charge in [0.15, 0.2) is 0 Å². The van der Waals surface area contributed by atoms with Gasteiger partial charge in [0.05, 0.1) is 0 Å². The summed E-state index contributed by atoms with van der Waals surface area (Å²) < 4.78 is 0. The zero-order valence-corrected chi connectivity index (χ0v) is 26.9. The van der Waals surface area contributed by atoms with Crippen molar-refractivity contribution in [2.75, 3.05) is 0 Å². The van der Waals surface area contributed by atoms with Crippen LogP contribution in [0.5, 0.6) is 0 Å². The smallest absolute Gasteiger partial charge is 0.172 e. The van der Waals surface area contributed by atoms with Crippen molar-refractivity contribution in [3.63, 3.8) is 0 Å². The molecule has 4 heteroatoms. The number of benzene rings is 2. The van der Waals surface area contributed by atoms with Crippen molar-refractivity contribution in [2.24, 2.45) is 0 Å². The summed E-state index contributed by atoms with van der Waals surface area (Å²) in [7, 11) is 0. The van der Waals surface area contributed by atoms with E-state index in [4.69, 9.17) is 0 Å². The topological polar surface area (TPSA) is 0 Å². The standard InChI is InChI=1S/C15H13.C12H22Si.C5H5.2ClH.Zr/c1-10-3-5-14-12(7-10)9-13-8-11(2)4-6-15(13)14;1-3-7-11(8-4-1)13-12-9-5-2-6-10-12;1-2-4-5-3-1;;;/h3-7H,9H2,1-2H3;11-12H,1-10H2;1-5H;2*1H;/q-1;;-1;;;+2/p-2. The molecule has 192 valence electrons. The SMILES string of the molecule is Cc1[c-]c2c(cc1)-c1ccc(C)cc1C2.[Cl-].[Cl-].[Zr+2]=[Si](C1CCCCC1)C1CCCCC1.c1cc[cH-]c1. The third-order valence-corrected chi connectivity index (χ3v) is 16.7. The van der Waals surface area contributed by atoms with Crippen LogP contribution in [0.2, 0.25) is 11.1 Å². The molecular formula is C32H40Cl2SiZr-2. The molecule has 0 aliphatic heterocycles. The Hall–Kier alpha value is -0.530. The van der Waals surface area contributed by atoms with Gasteiger partial charge in [-0.1, -0.05) is 36.2 Å². The largest absolute Gasteiger partial charge is 0.214 e. The maximum absolute atomic E-state index is 3.45. The van der Waals surface area contributed by atoms with Crippen molar-refractivity contribution in [1.29, 1.82) is 0 Å². The van der Waals surface area contributed by atoms with Crippen molar-refractivity contribution >= 4 is 5.43 Å². The van der Waals surface area contributed by atoms with Gasteiger partial charge in [0.1, 0.15) is 0 Å². The molecule has 0 bridgehead atoms. The van der Waals surface area contributed by atoms with Gasteiger partial charge in [0, 0.05) is 0 Å². The molecule has 0 heterocycles. The fourth-order valence-corrected chi connectivity index (χ4v) is 12.8. The molecule has 0 atom stereocenters. The van der Waals surface area contributed by atoms with Crippen LogP contribution in [0.4, 0.5) is 0 Å². The molecule has 2 fully saturated rings. The van der Waals surface area contributed by atoms with Crippen LogP contribution in [0.25, 0.3) is 11.1 Å². The van der Waals surface area contributed by atoms with Gasteiger partial charge in [-0.05, 0) is 18.9 Å². The Morgan fingerprint density at radius 1 is 0.778 bits per heavy atom. The summed E-state index contributed by atoms with van der Waals surface area (Å²) in [6.45, 7) is 4.26. The van der Waals surface area contributed by atoms with E-state index < -0.39 is 0 Å². The van der Waals surface area contributed by atoms with E-state index in [1.165, 1.54) is 57.3 Å². The van der Waals surface area contributed by atoms with Crippen LogP contribution < -0.4 is 24.8 Å². The summed E-state index contributed by atoms with van der Waals surface area (Å²) in [5.41, 5.74) is 10.7. The van der Waals surface area contributed by atoms with Gasteiger partial charge >= 0.3 is 104 Å². The molecule has 0 spiro atoms. The van der Waals surface area contributed by atoms with E-state index in [9.17, 15) is 0 Å². The quantitative estimate of drug-likeness (QED) is 0.240. The minimum Gasteiger partial charge on any atom is -0.214 e. The molecule has 2 saturated carbocycles. The number of hydrogen-bond acceptors (Lipinski definition) is 0. The number of rotatable bonds is 2. The van der Waals surface area contributed by atoms with Gasteiger partial charge < -0.3 is 24.8 Å². The van der Waals surface area contributed by atoms with Gasteiger partial charge in [-0.3, -0.25) is 0 Å². The van der Waals surface area contributed by atoms with Gasteiger partial charge in [-0.25, -0.2) is 12.1 Å². The molecule has 0 unspecified atom stereocenters. The monoisotopic (exact) mass is 612 g/mol. The molecule has 0 saturated heterocycles. The predicted molar refractivity (Wildman–Crippen MR) is 144 cm³/mol. The predicted octanol–water partition coefficient (Wildman–Crippen LogP) is 3.28. The van der Waals surface area contributed by atoms with E-state index in [0.717, 1.165) is 6.42 Å². The van der Waals surface area contributed by atoms with E-state index in [1.54, 1.807) is 51.4 Å². The molecule has 36 heavy (non-hydrogen) atoms. The van der Waals surface area contributed by atoms with Crippen molar-refractivity contribution < 1.29 is 48.1 Å². The van der Waals surface area contributed by atoms with Crippen LogP contribution in [-0.2, 0) is 29.8 Å². The van der Waals surface area contributed by atoms with E-state index in [2.05, 4.69) is 50.2 Å². The van der Waals surface area contributed by atoms with Crippen LogP contribution in [0.15, 0.2) is 60.7 Å². The molecule has 6 rings (SSSR count). The molecule has 0 aromatic heterocycles. The van der Waals surface area contributed by atoms with Crippen LogP contribution in [0.3, 0.4) is 0 Å². The van der Waals surface area contributed by atoms with Crippen LogP contribution >= 0.6 is 0 Å². The number of fused-ring (bicyclic) bond motifs is 3. The fraction of sp³-hybridized carbons (Fsp3) is 0.469. The minimum absolute atomic E-state index is 0. The Kier molecular flexibility index (Phi) is 14.5. The Morgan fingerprint density at radius 2 is 1.33 bits per heavy atom.